The molecule has 1 N–H and O–H groups in total. The average molecular weight is 381 g/mol. The van der Waals surface area contributed by atoms with Gasteiger partial charge in [-0.3, -0.25) is 4.79 Å². The lowest BCUT2D eigenvalue weighted by atomic mass is 10.2. The van der Waals surface area contributed by atoms with E-state index in [4.69, 9.17) is 27.9 Å². The largest absolute Gasteiger partial charge is 0.489 e. The van der Waals surface area contributed by atoms with Gasteiger partial charge in [0.25, 0.3) is 5.91 Å². The maximum atomic E-state index is 12.0. The lowest BCUT2D eigenvalue weighted by Crippen LogP contribution is -2.31. The normalized spacial score (nSPS) is 14.4. The number of rotatable bonds is 5. The van der Waals surface area contributed by atoms with Crippen molar-refractivity contribution in [1.82, 2.24) is 5.43 Å². The maximum absolute atomic E-state index is 12.0. The summed E-state index contributed by atoms with van der Waals surface area (Å²) in [6, 6.07) is 12.2. The van der Waals surface area contributed by atoms with Gasteiger partial charge in [0.05, 0.1) is 16.8 Å². The second kappa shape index (κ2) is 7.92. The Hall–Kier alpha value is -1.69. The summed E-state index contributed by atoms with van der Waals surface area (Å²) in [7, 11) is 0. The summed E-state index contributed by atoms with van der Waals surface area (Å²) in [6.07, 6.45) is 1.85. The Morgan fingerprint density at radius 2 is 2.08 bits per heavy atom. The first-order valence-electron chi connectivity index (χ1n) is 7.25. The number of hydrogen-bond donors (Lipinski definition) is 1. The number of hydrazone groups is 1. The van der Waals surface area contributed by atoms with Gasteiger partial charge in [-0.2, -0.15) is 16.9 Å². The van der Waals surface area contributed by atoms with E-state index in [9.17, 15) is 4.79 Å². The first-order chi connectivity index (χ1) is 11.6. The molecule has 0 radical (unpaired) electrons. The molecule has 4 nitrogen and oxygen atoms in total. The Balaban J connectivity index is 1.61. The van der Waals surface area contributed by atoms with E-state index in [1.54, 1.807) is 18.3 Å². The van der Waals surface area contributed by atoms with Crippen LogP contribution < -0.4 is 10.2 Å². The van der Waals surface area contributed by atoms with Crippen molar-refractivity contribution in [2.45, 2.75) is 6.10 Å². The van der Waals surface area contributed by atoms with Gasteiger partial charge < -0.3 is 4.74 Å². The first-order valence-corrected chi connectivity index (χ1v) is 9.16. The van der Waals surface area contributed by atoms with E-state index in [0.29, 0.717) is 10.6 Å². The monoisotopic (exact) mass is 380 g/mol. The molecule has 0 aromatic heterocycles. The lowest BCUT2D eigenvalue weighted by Gasteiger charge is -2.25. The number of halogens is 2. The molecule has 24 heavy (non-hydrogen) atoms. The number of amides is 1. The predicted molar refractivity (Wildman–Crippen MR) is 99.7 cm³/mol. The molecule has 1 heterocycles. The van der Waals surface area contributed by atoms with Gasteiger partial charge in [-0.05, 0) is 35.9 Å². The molecule has 0 atom stereocenters. The van der Waals surface area contributed by atoms with Crippen LogP contribution >= 0.6 is 35.0 Å². The van der Waals surface area contributed by atoms with Gasteiger partial charge in [0.2, 0.25) is 0 Å². The average Bonchev–Trinajstić information content (AvgIpc) is 2.51. The third kappa shape index (κ3) is 4.44. The van der Waals surface area contributed by atoms with Crippen molar-refractivity contribution in [2.24, 2.45) is 5.10 Å². The fourth-order valence-corrected chi connectivity index (χ4v) is 3.10. The van der Waals surface area contributed by atoms with Gasteiger partial charge in [0.15, 0.2) is 0 Å². The van der Waals surface area contributed by atoms with Crippen LogP contribution in [0.1, 0.15) is 15.9 Å². The Morgan fingerprint density at radius 1 is 1.25 bits per heavy atom. The predicted octanol–water partition coefficient (Wildman–Crippen LogP) is 4.25. The van der Waals surface area contributed by atoms with Crippen molar-refractivity contribution in [3.05, 3.63) is 63.6 Å². The van der Waals surface area contributed by atoms with E-state index in [2.05, 4.69) is 10.5 Å². The lowest BCUT2D eigenvalue weighted by molar-refractivity contribution is 0.0955. The summed E-state index contributed by atoms with van der Waals surface area (Å²) in [4.78, 5) is 12.0. The molecule has 2 aromatic rings. The highest BCUT2D eigenvalue weighted by Gasteiger charge is 2.19. The third-order valence-electron chi connectivity index (χ3n) is 3.32. The molecule has 1 fully saturated rings. The molecule has 1 aliphatic heterocycles. The van der Waals surface area contributed by atoms with Crippen LogP contribution in [0.25, 0.3) is 0 Å². The topological polar surface area (TPSA) is 50.7 Å². The second-order valence-corrected chi connectivity index (χ2v) is 7.09. The zero-order valence-corrected chi connectivity index (χ0v) is 14.9. The van der Waals surface area contributed by atoms with Gasteiger partial charge in [0.1, 0.15) is 11.9 Å². The molecular formula is C17H14Cl2N2O2S. The molecule has 0 spiro atoms. The van der Waals surface area contributed by atoms with Crippen LogP contribution in [0.5, 0.6) is 5.75 Å². The third-order valence-corrected chi connectivity index (χ3v) is 5.09. The molecule has 0 unspecified atom stereocenters. The highest BCUT2D eigenvalue weighted by molar-refractivity contribution is 8.00. The fourth-order valence-electron chi connectivity index (χ4n) is 2.04. The SMILES string of the molecule is O=C(N/N=C\c1cccc(OC2CSC2)c1)c1ccc(Cl)cc1Cl. The van der Waals surface area contributed by atoms with Crippen LogP contribution in [0.3, 0.4) is 0 Å². The van der Waals surface area contributed by atoms with Gasteiger partial charge in [-0.15, -0.1) is 0 Å². The number of nitrogens with zero attached hydrogens (tertiary/aromatic N) is 1. The van der Waals surface area contributed by atoms with Crippen molar-refractivity contribution in [3.8, 4) is 5.75 Å². The van der Waals surface area contributed by atoms with Crippen molar-refractivity contribution >= 4 is 47.1 Å². The first kappa shape index (κ1) is 17.1. The second-order valence-electron chi connectivity index (χ2n) is 5.17. The van der Waals surface area contributed by atoms with Crippen LogP contribution in [-0.2, 0) is 0 Å². The Labute approximate surface area is 154 Å². The van der Waals surface area contributed by atoms with Crippen LogP contribution in [0.15, 0.2) is 47.6 Å². The van der Waals surface area contributed by atoms with Gasteiger partial charge >= 0.3 is 0 Å². The summed E-state index contributed by atoms with van der Waals surface area (Å²) in [5, 5.41) is 4.72. The molecule has 2 aromatic carbocycles. The van der Waals surface area contributed by atoms with E-state index < -0.39 is 5.91 Å². The number of carbonyl (C=O) groups excluding carboxylic acids is 1. The molecule has 1 saturated heterocycles. The minimum Gasteiger partial charge on any atom is -0.489 e. The van der Waals surface area contributed by atoms with E-state index in [0.717, 1.165) is 22.8 Å². The zero-order chi connectivity index (χ0) is 16.9. The number of benzene rings is 2. The highest BCUT2D eigenvalue weighted by atomic mass is 35.5. The number of thioether (sulfide) groups is 1. The van der Waals surface area contributed by atoms with Crippen molar-refractivity contribution in [3.63, 3.8) is 0 Å². The number of carbonyl (C=O) groups is 1. The zero-order valence-electron chi connectivity index (χ0n) is 12.5. The van der Waals surface area contributed by atoms with Gasteiger partial charge in [0, 0.05) is 16.5 Å². The van der Waals surface area contributed by atoms with Crippen LogP contribution in [0.2, 0.25) is 10.0 Å². The molecule has 0 aliphatic carbocycles. The molecule has 7 heteroatoms. The van der Waals surface area contributed by atoms with Crippen molar-refractivity contribution in [2.75, 3.05) is 11.5 Å². The number of hydrogen-bond acceptors (Lipinski definition) is 4. The van der Waals surface area contributed by atoms with E-state index >= 15 is 0 Å². The van der Waals surface area contributed by atoms with Gasteiger partial charge in [-0.1, -0.05) is 35.3 Å². The molecule has 0 bridgehead atoms. The summed E-state index contributed by atoms with van der Waals surface area (Å²) in [6.45, 7) is 0. The highest BCUT2D eigenvalue weighted by Crippen LogP contribution is 2.24. The quantitative estimate of drug-likeness (QED) is 0.622. The minimum atomic E-state index is -0.396. The van der Waals surface area contributed by atoms with Crippen molar-refractivity contribution < 1.29 is 9.53 Å². The number of ether oxygens (including phenoxy) is 1. The Kier molecular flexibility index (Phi) is 5.66. The Bertz CT molecular complexity index is 779. The maximum Gasteiger partial charge on any atom is 0.272 e. The van der Waals surface area contributed by atoms with E-state index in [1.165, 1.54) is 6.07 Å². The standard InChI is InChI=1S/C17H14Cl2N2O2S/c18-12-4-5-15(16(19)7-12)17(22)21-20-8-11-2-1-3-13(6-11)23-14-9-24-10-14/h1-8,14H,9-10H2,(H,21,22)/b20-8-. The Morgan fingerprint density at radius 3 is 2.79 bits per heavy atom. The van der Waals surface area contributed by atoms with E-state index in [1.807, 2.05) is 36.0 Å². The van der Waals surface area contributed by atoms with Crippen molar-refractivity contribution in [1.29, 1.82) is 0 Å². The molecule has 0 saturated carbocycles. The number of nitrogens with one attached hydrogen (secondary N) is 1. The molecule has 1 aliphatic rings. The summed E-state index contributed by atoms with van der Waals surface area (Å²) >= 11 is 13.7. The summed E-state index contributed by atoms with van der Waals surface area (Å²) in [5.74, 6) is 2.45. The summed E-state index contributed by atoms with van der Waals surface area (Å²) in [5.41, 5.74) is 3.60. The molecular weight excluding hydrogens is 367 g/mol. The van der Waals surface area contributed by atoms with Gasteiger partial charge in [-0.25, -0.2) is 5.43 Å². The van der Waals surface area contributed by atoms with Crippen LogP contribution in [0.4, 0.5) is 0 Å². The summed E-state index contributed by atoms with van der Waals surface area (Å²) < 4.78 is 5.81. The molecule has 124 valence electrons. The molecule has 3 rings (SSSR count). The smallest absolute Gasteiger partial charge is 0.272 e. The van der Waals surface area contributed by atoms with Crippen LogP contribution in [0, 0.1) is 0 Å². The minimum absolute atomic E-state index is 0.281. The molecule has 1 amide bonds. The van der Waals surface area contributed by atoms with E-state index in [-0.39, 0.29) is 11.1 Å². The fraction of sp³-hybridized carbons (Fsp3) is 0.176. The van der Waals surface area contributed by atoms with Crippen LogP contribution in [-0.4, -0.2) is 29.7 Å².